The molecule has 1 fully saturated rings. The number of halogens is 1. The highest BCUT2D eigenvalue weighted by Gasteiger charge is 2.53. The highest BCUT2D eigenvalue weighted by atomic mass is 35.5. The highest BCUT2D eigenvalue weighted by Crippen LogP contribution is 2.52. The van der Waals surface area contributed by atoms with Gasteiger partial charge >= 0.3 is 12.1 Å². The maximum absolute atomic E-state index is 12.3. The van der Waals surface area contributed by atoms with E-state index < -0.39 is 17.5 Å². The minimum Gasteiger partial charge on any atom is -0.481 e. The van der Waals surface area contributed by atoms with Gasteiger partial charge in [-0.2, -0.15) is 5.10 Å². The lowest BCUT2D eigenvalue weighted by molar-refractivity contribution is -0.139. The SMILES string of the molecule is Cn1ncc(C#Cc2cc3sc(C4(C(=O)O)CC4)cc3s2)c1NC(=O)OCc1ccccc1Cl. The standard InChI is InChI=1S/C24H18ClN3O4S2/c1-28-21(27-23(31)32-13-15-4-2-3-5-17(15)25)14(12-26-28)6-7-16-10-18-19(33-16)11-20(34-18)24(8-9-24)22(29)30/h2-5,10-12H,8-9,13H2,1H3,(H,27,31)(H,29,30). The summed E-state index contributed by atoms with van der Waals surface area (Å²) in [5, 5.41) is 16.9. The molecule has 0 atom stereocenters. The first kappa shape index (κ1) is 22.5. The van der Waals surface area contributed by atoms with Gasteiger partial charge in [-0.25, -0.2) is 4.79 Å². The van der Waals surface area contributed by atoms with Gasteiger partial charge in [-0.15, -0.1) is 22.7 Å². The van der Waals surface area contributed by atoms with Gasteiger partial charge in [0.2, 0.25) is 0 Å². The smallest absolute Gasteiger partial charge is 0.413 e. The fourth-order valence-electron chi connectivity index (χ4n) is 3.52. The summed E-state index contributed by atoms with van der Waals surface area (Å²) >= 11 is 9.14. The van der Waals surface area contributed by atoms with Crippen molar-refractivity contribution >= 4 is 61.6 Å². The van der Waals surface area contributed by atoms with E-state index in [-0.39, 0.29) is 6.61 Å². The number of aromatic nitrogens is 2. The number of amides is 1. The number of fused-ring (bicyclic) bond motifs is 1. The van der Waals surface area contributed by atoms with Crippen LogP contribution in [0.2, 0.25) is 5.02 Å². The van der Waals surface area contributed by atoms with E-state index in [1.807, 2.05) is 24.3 Å². The van der Waals surface area contributed by atoms with Crippen molar-refractivity contribution in [2.75, 3.05) is 5.32 Å². The molecule has 3 aromatic heterocycles. The van der Waals surface area contributed by atoms with Crippen LogP contribution in [0.4, 0.5) is 10.6 Å². The molecule has 0 bridgehead atoms. The monoisotopic (exact) mass is 511 g/mol. The average molecular weight is 512 g/mol. The summed E-state index contributed by atoms with van der Waals surface area (Å²) in [7, 11) is 1.70. The number of anilines is 1. The lowest BCUT2D eigenvalue weighted by atomic mass is 10.1. The van der Waals surface area contributed by atoms with Crippen molar-refractivity contribution in [3.8, 4) is 11.8 Å². The third-order valence-electron chi connectivity index (χ3n) is 5.63. The molecule has 10 heteroatoms. The number of rotatable bonds is 5. The van der Waals surface area contributed by atoms with Crippen molar-refractivity contribution in [3.05, 3.63) is 68.5 Å². The van der Waals surface area contributed by atoms with Crippen molar-refractivity contribution in [3.63, 3.8) is 0 Å². The number of carboxylic acids is 1. The Hall–Kier alpha value is -3.32. The number of nitrogens with one attached hydrogen (secondary N) is 1. The Kier molecular flexibility index (Phi) is 5.81. The zero-order valence-electron chi connectivity index (χ0n) is 17.9. The molecule has 0 unspecified atom stereocenters. The van der Waals surface area contributed by atoms with Crippen molar-refractivity contribution in [2.24, 2.45) is 7.05 Å². The van der Waals surface area contributed by atoms with Crippen LogP contribution in [0.1, 0.15) is 33.7 Å². The number of carboxylic acid groups (broad SMARTS) is 1. The van der Waals surface area contributed by atoms with E-state index in [0.29, 0.717) is 34.8 Å². The number of hydrogen-bond acceptors (Lipinski definition) is 6. The lowest BCUT2D eigenvalue weighted by Gasteiger charge is -2.08. The number of hydrogen-bond donors (Lipinski definition) is 2. The van der Waals surface area contributed by atoms with E-state index in [2.05, 4.69) is 22.3 Å². The molecule has 0 saturated heterocycles. The number of carbonyl (C=O) groups is 2. The van der Waals surface area contributed by atoms with Gasteiger partial charge < -0.3 is 9.84 Å². The Bertz CT molecular complexity index is 1460. The second-order valence-corrected chi connectivity index (χ2v) is 10.5. The van der Waals surface area contributed by atoms with Gasteiger partial charge in [-0.3, -0.25) is 14.8 Å². The molecule has 172 valence electrons. The van der Waals surface area contributed by atoms with E-state index in [9.17, 15) is 14.7 Å². The molecule has 34 heavy (non-hydrogen) atoms. The maximum Gasteiger partial charge on any atom is 0.413 e. The number of ether oxygens (including phenoxy) is 1. The van der Waals surface area contributed by atoms with Crippen LogP contribution in [0.25, 0.3) is 9.40 Å². The van der Waals surface area contributed by atoms with Gasteiger partial charge in [-0.05, 0) is 31.0 Å². The summed E-state index contributed by atoms with van der Waals surface area (Å²) < 4.78 is 8.86. The summed E-state index contributed by atoms with van der Waals surface area (Å²) in [6.45, 7) is 0.0431. The molecule has 1 aromatic carbocycles. The first-order chi connectivity index (χ1) is 16.4. The number of nitrogens with zero attached hydrogens (tertiary/aromatic N) is 2. The number of carbonyl (C=O) groups excluding carboxylic acids is 1. The molecule has 1 aliphatic carbocycles. The van der Waals surface area contributed by atoms with Gasteiger partial charge in [0.1, 0.15) is 17.8 Å². The molecule has 0 spiro atoms. The van der Waals surface area contributed by atoms with Crippen LogP contribution in [-0.2, 0) is 28.6 Å². The molecule has 0 radical (unpaired) electrons. The molecule has 1 amide bonds. The van der Waals surface area contributed by atoms with Gasteiger partial charge in [-0.1, -0.05) is 41.6 Å². The quantitative estimate of drug-likeness (QED) is 0.339. The van der Waals surface area contributed by atoms with E-state index in [1.54, 1.807) is 25.4 Å². The lowest BCUT2D eigenvalue weighted by Crippen LogP contribution is -2.17. The predicted molar refractivity (Wildman–Crippen MR) is 133 cm³/mol. The van der Waals surface area contributed by atoms with Crippen molar-refractivity contribution in [1.82, 2.24) is 9.78 Å². The van der Waals surface area contributed by atoms with Crippen molar-refractivity contribution in [1.29, 1.82) is 0 Å². The van der Waals surface area contributed by atoms with Crippen LogP contribution in [0.15, 0.2) is 42.6 Å². The van der Waals surface area contributed by atoms with Crippen molar-refractivity contribution in [2.45, 2.75) is 24.9 Å². The molecular weight excluding hydrogens is 494 g/mol. The topological polar surface area (TPSA) is 93.5 Å². The number of benzene rings is 1. The molecule has 1 saturated carbocycles. The van der Waals surface area contributed by atoms with Gasteiger partial charge in [0, 0.05) is 31.9 Å². The fourth-order valence-corrected chi connectivity index (χ4v) is 6.20. The minimum absolute atomic E-state index is 0.0431. The third-order valence-corrected chi connectivity index (χ3v) is 8.42. The first-order valence-corrected chi connectivity index (χ1v) is 12.4. The summed E-state index contributed by atoms with van der Waals surface area (Å²) in [4.78, 5) is 25.7. The van der Waals surface area contributed by atoms with Crippen molar-refractivity contribution < 1.29 is 19.4 Å². The van der Waals surface area contributed by atoms with Gasteiger partial charge in [0.15, 0.2) is 0 Å². The molecule has 0 aliphatic heterocycles. The number of aliphatic carboxylic acids is 1. The van der Waals surface area contributed by atoms with Crippen LogP contribution < -0.4 is 5.32 Å². The predicted octanol–water partition coefficient (Wildman–Crippen LogP) is 5.61. The highest BCUT2D eigenvalue weighted by molar-refractivity contribution is 7.28. The van der Waals surface area contributed by atoms with Gasteiger partial charge in [0.05, 0.1) is 16.6 Å². The zero-order chi connectivity index (χ0) is 23.9. The Balaban J connectivity index is 1.29. The second kappa shape index (κ2) is 8.80. The summed E-state index contributed by atoms with van der Waals surface area (Å²) in [5.74, 6) is 5.86. The number of aryl methyl sites for hydroxylation is 1. The first-order valence-electron chi connectivity index (χ1n) is 10.3. The molecule has 5 rings (SSSR count). The van der Waals surface area contributed by atoms with Crippen LogP contribution in [-0.4, -0.2) is 26.9 Å². The second-order valence-electron chi connectivity index (χ2n) is 7.91. The minimum atomic E-state index is -0.747. The summed E-state index contributed by atoms with van der Waals surface area (Å²) in [6, 6.07) is 11.1. The maximum atomic E-state index is 12.3. The van der Waals surface area contributed by atoms with E-state index in [0.717, 1.165) is 19.2 Å². The molecule has 3 heterocycles. The van der Waals surface area contributed by atoms with Crippen LogP contribution >= 0.6 is 34.3 Å². The molecule has 7 nitrogen and oxygen atoms in total. The Morgan fingerprint density at radius 2 is 2.00 bits per heavy atom. The van der Waals surface area contributed by atoms with E-state index >= 15 is 0 Å². The number of thiophene rings is 2. The van der Waals surface area contributed by atoms with Gasteiger partial charge in [0.25, 0.3) is 0 Å². The Morgan fingerprint density at radius 1 is 1.24 bits per heavy atom. The normalized spacial score (nSPS) is 13.8. The average Bonchev–Trinajstić information content (AvgIpc) is 3.25. The largest absolute Gasteiger partial charge is 0.481 e. The third kappa shape index (κ3) is 4.28. The fraction of sp³-hybridized carbons (Fsp3) is 0.208. The van der Waals surface area contributed by atoms with E-state index in [1.165, 1.54) is 27.4 Å². The molecule has 1 aliphatic rings. The summed E-state index contributed by atoms with van der Waals surface area (Å²) in [5.41, 5.74) is 0.574. The zero-order valence-corrected chi connectivity index (χ0v) is 20.3. The van der Waals surface area contributed by atoms with Crippen LogP contribution in [0.5, 0.6) is 0 Å². The van der Waals surface area contributed by atoms with Crippen LogP contribution in [0.3, 0.4) is 0 Å². The molecule has 4 aromatic rings. The molecular formula is C24H18ClN3O4S2. The van der Waals surface area contributed by atoms with E-state index in [4.69, 9.17) is 16.3 Å². The Labute approximate surface area is 207 Å². The summed E-state index contributed by atoms with van der Waals surface area (Å²) in [6.07, 6.45) is 2.33. The Morgan fingerprint density at radius 3 is 2.71 bits per heavy atom. The molecule has 2 N–H and O–H groups in total. The van der Waals surface area contributed by atoms with Crippen LogP contribution in [0, 0.1) is 11.8 Å².